The fraction of sp³-hybridized carbons (Fsp3) is 1.00. The van der Waals surface area contributed by atoms with Crippen molar-refractivity contribution in [2.24, 2.45) is 0 Å². The van der Waals surface area contributed by atoms with Gasteiger partial charge in [-0.2, -0.15) is 0 Å². The first-order valence-electron chi connectivity index (χ1n) is 5.14. The smallest absolute Gasteiger partial charge is 0.157 e. The summed E-state index contributed by atoms with van der Waals surface area (Å²) in [6.45, 7) is 8.08. The van der Waals surface area contributed by atoms with Gasteiger partial charge in [-0.05, 0) is 27.2 Å². The van der Waals surface area contributed by atoms with Gasteiger partial charge in [0.1, 0.15) is 0 Å². The van der Waals surface area contributed by atoms with Crippen molar-refractivity contribution in [3.8, 4) is 0 Å². The van der Waals surface area contributed by atoms with Crippen LogP contribution >= 0.6 is 0 Å². The van der Waals surface area contributed by atoms with Gasteiger partial charge in [-0.15, -0.1) is 0 Å². The largest absolute Gasteiger partial charge is 0.397 e. The molecule has 0 heterocycles. The quantitative estimate of drug-likeness (QED) is 0.513. The third-order valence-electron chi connectivity index (χ3n) is 1.24. The zero-order chi connectivity index (χ0) is 11.4. The maximum absolute atomic E-state index is 8.78. The number of ether oxygens (including phenoxy) is 2. The summed E-state index contributed by atoms with van der Waals surface area (Å²) in [5, 5.41) is 16.3. The predicted molar refractivity (Wildman–Crippen MR) is 55.8 cm³/mol. The number of hydrogen-bond donors (Lipinski definition) is 2. The highest BCUT2D eigenvalue weighted by atomic mass is 16.7. The van der Waals surface area contributed by atoms with Gasteiger partial charge in [-0.1, -0.05) is 13.3 Å². The van der Waals surface area contributed by atoms with E-state index >= 15 is 0 Å². The van der Waals surface area contributed by atoms with E-state index in [1.807, 2.05) is 0 Å². The Kier molecular flexibility index (Phi) is 14.9. The molecule has 0 aromatic rings. The van der Waals surface area contributed by atoms with Gasteiger partial charge in [0.2, 0.25) is 0 Å². The fourth-order valence-electron chi connectivity index (χ4n) is 0.710. The molecule has 0 fully saturated rings. The number of hydrogen-bond acceptors (Lipinski definition) is 4. The van der Waals surface area contributed by atoms with Crippen LogP contribution in [0.4, 0.5) is 0 Å². The van der Waals surface area contributed by atoms with Crippen LogP contribution in [0.15, 0.2) is 0 Å². The summed E-state index contributed by atoms with van der Waals surface area (Å²) in [6.07, 6.45) is 1.10. The number of aliphatic hydroxyl groups excluding tert-OH is 2. The number of unbranched alkanes of at least 4 members (excludes halogenated alkanes) is 1. The van der Waals surface area contributed by atoms with Crippen molar-refractivity contribution in [1.82, 2.24) is 0 Å². The van der Waals surface area contributed by atoms with E-state index in [-0.39, 0.29) is 12.9 Å². The first kappa shape index (κ1) is 16.3. The molecule has 0 aliphatic heterocycles. The average Bonchev–Trinajstić information content (AvgIpc) is 2.04. The molecule has 2 atom stereocenters. The summed E-state index contributed by atoms with van der Waals surface area (Å²) in [6, 6.07) is 0. The zero-order valence-electron chi connectivity index (χ0n) is 9.69. The highest BCUT2D eigenvalue weighted by Crippen LogP contribution is 1.98. The minimum Gasteiger partial charge on any atom is -0.397 e. The van der Waals surface area contributed by atoms with Crippen LogP contribution < -0.4 is 0 Å². The highest BCUT2D eigenvalue weighted by molar-refractivity contribution is 4.35. The second-order valence-electron chi connectivity index (χ2n) is 2.84. The Hall–Kier alpha value is -0.160. The molecule has 0 aromatic carbocycles. The van der Waals surface area contributed by atoms with E-state index in [1.165, 1.54) is 0 Å². The van der Waals surface area contributed by atoms with Crippen molar-refractivity contribution in [3.63, 3.8) is 0 Å². The molecule has 0 aromatic heterocycles. The summed E-state index contributed by atoms with van der Waals surface area (Å²) >= 11 is 0. The second kappa shape index (κ2) is 12.8. The lowest BCUT2D eigenvalue weighted by atomic mass is 10.4. The Morgan fingerprint density at radius 3 is 2.07 bits per heavy atom. The average molecular weight is 208 g/mol. The van der Waals surface area contributed by atoms with E-state index < -0.39 is 6.29 Å². The van der Waals surface area contributed by atoms with E-state index in [1.54, 1.807) is 20.8 Å². The van der Waals surface area contributed by atoms with Gasteiger partial charge in [0.15, 0.2) is 12.6 Å². The van der Waals surface area contributed by atoms with E-state index in [0.29, 0.717) is 6.61 Å². The lowest BCUT2D eigenvalue weighted by molar-refractivity contribution is -0.213. The van der Waals surface area contributed by atoms with Gasteiger partial charge in [-0.3, -0.25) is 0 Å². The highest BCUT2D eigenvalue weighted by Gasteiger charge is 2.03. The van der Waals surface area contributed by atoms with Crippen LogP contribution in [0.5, 0.6) is 0 Å². The third-order valence-corrected chi connectivity index (χ3v) is 1.24. The molecule has 0 aliphatic rings. The Morgan fingerprint density at radius 2 is 1.71 bits per heavy atom. The molecular formula is C10H24O4. The van der Waals surface area contributed by atoms with Crippen LogP contribution in [0.3, 0.4) is 0 Å². The maximum atomic E-state index is 8.78. The lowest BCUT2D eigenvalue weighted by Gasteiger charge is -2.15. The summed E-state index contributed by atoms with van der Waals surface area (Å²) in [4.78, 5) is 0. The van der Waals surface area contributed by atoms with E-state index in [4.69, 9.17) is 19.7 Å². The van der Waals surface area contributed by atoms with E-state index in [9.17, 15) is 0 Å². The second-order valence-corrected chi connectivity index (χ2v) is 2.84. The summed E-state index contributed by atoms with van der Waals surface area (Å²) in [7, 11) is 0. The normalized spacial score (nSPS) is 14.1. The molecule has 2 unspecified atom stereocenters. The molecule has 4 heteroatoms. The first-order valence-corrected chi connectivity index (χ1v) is 5.14. The molecule has 0 saturated carbocycles. The van der Waals surface area contributed by atoms with Crippen LogP contribution in [0, 0.1) is 0 Å². The molecule has 0 aliphatic carbocycles. The Labute approximate surface area is 86.8 Å². The van der Waals surface area contributed by atoms with E-state index in [0.717, 1.165) is 12.8 Å². The SMILES string of the molecule is CCCCOC(C)OC(C)O.CCO. The van der Waals surface area contributed by atoms with Crippen molar-refractivity contribution in [3.05, 3.63) is 0 Å². The molecule has 0 radical (unpaired) electrons. The van der Waals surface area contributed by atoms with Crippen molar-refractivity contribution in [2.75, 3.05) is 13.2 Å². The number of aliphatic hydroxyl groups is 2. The molecule has 0 spiro atoms. The Morgan fingerprint density at radius 1 is 1.21 bits per heavy atom. The number of rotatable bonds is 6. The Balaban J connectivity index is 0. The van der Waals surface area contributed by atoms with Gasteiger partial charge in [0.05, 0.1) is 0 Å². The van der Waals surface area contributed by atoms with Crippen LogP contribution in [-0.2, 0) is 9.47 Å². The molecule has 0 saturated heterocycles. The lowest BCUT2D eigenvalue weighted by Crippen LogP contribution is -2.19. The zero-order valence-corrected chi connectivity index (χ0v) is 9.69. The first-order chi connectivity index (χ1) is 6.58. The summed E-state index contributed by atoms with van der Waals surface area (Å²) < 4.78 is 10.1. The molecule has 88 valence electrons. The molecule has 0 rings (SSSR count). The predicted octanol–water partition coefficient (Wildman–Crippen LogP) is 1.50. The molecule has 0 amide bonds. The summed E-state index contributed by atoms with van der Waals surface area (Å²) in [5.41, 5.74) is 0. The van der Waals surface area contributed by atoms with Crippen molar-refractivity contribution < 1.29 is 19.7 Å². The van der Waals surface area contributed by atoms with Crippen LogP contribution in [-0.4, -0.2) is 36.0 Å². The molecular weight excluding hydrogens is 184 g/mol. The Bertz CT molecular complexity index is 96.1. The van der Waals surface area contributed by atoms with E-state index in [2.05, 4.69) is 6.92 Å². The van der Waals surface area contributed by atoms with Gasteiger partial charge in [0.25, 0.3) is 0 Å². The van der Waals surface area contributed by atoms with Crippen molar-refractivity contribution >= 4 is 0 Å². The maximum Gasteiger partial charge on any atom is 0.157 e. The van der Waals surface area contributed by atoms with Gasteiger partial charge in [-0.25, -0.2) is 0 Å². The third kappa shape index (κ3) is 17.8. The van der Waals surface area contributed by atoms with Crippen LogP contribution in [0.2, 0.25) is 0 Å². The van der Waals surface area contributed by atoms with Crippen molar-refractivity contribution in [1.29, 1.82) is 0 Å². The topological polar surface area (TPSA) is 58.9 Å². The van der Waals surface area contributed by atoms with Crippen LogP contribution in [0.25, 0.3) is 0 Å². The molecule has 2 N–H and O–H groups in total. The minimum absolute atomic E-state index is 0.250. The fourth-order valence-corrected chi connectivity index (χ4v) is 0.710. The van der Waals surface area contributed by atoms with Gasteiger partial charge >= 0.3 is 0 Å². The minimum atomic E-state index is -0.744. The molecule has 14 heavy (non-hydrogen) atoms. The molecule has 4 nitrogen and oxygen atoms in total. The summed E-state index contributed by atoms with van der Waals surface area (Å²) in [5.74, 6) is 0. The van der Waals surface area contributed by atoms with Gasteiger partial charge in [0, 0.05) is 13.2 Å². The molecule has 0 bridgehead atoms. The van der Waals surface area contributed by atoms with Crippen LogP contribution in [0.1, 0.15) is 40.5 Å². The van der Waals surface area contributed by atoms with Gasteiger partial charge < -0.3 is 19.7 Å². The van der Waals surface area contributed by atoms with Crippen molar-refractivity contribution in [2.45, 2.75) is 53.1 Å². The standard InChI is InChI=1S/C8H18O3.C2H6O/c1-4-5-6-10-8(3)11-7(2)9;1-2-3/h7-9H,4-6H2,1-3H3;3H,2H2,1H3. The monoisotopic (exact) mass is 208 g/mol.